The first-order valence-electron chi connectivity index (χ1n) is 6.16. The molecule has 0 spiro atoms. The van der Waals surface area contributed by atoms with E-state index in [4.69, 9.17) is 0 Å². The first-order valence-corrected chi connectivity index (χ1v) is 6.16. The van der Waals surface area contributed by atoms with E-state index in [1.165, 1.54) is 5.56 Å². The standard InChI is InChI=1S/C15H19NO/c1-10(2)12-5-4-6-13(9-12)14-8-7-11(3)16-15(14)17/h4-6,9-10,14H,3,7-8H2,1-2H3,(H,16,17). The largest absolute Gasteiger partial charge is 0.330 e. The quantitative estimate of drug-likeness (QED) is 0.828. The third kappa shape index (κ3) is 2.57. The van der Waals surface area contributed by atoms with Gasteiger partial charge in [0.25, 0.3) is 0 Å². The molecule has 0 radical (unpaired) electrons. The first kappa shape index (κ1) is 11.9. The molecule has 1 aliphatic rings. The number of carbonyl (C=O) groups is 1. The second-order valence-electron chi connectivity index (χ2n) is 5.01. The van der Waals surface area contributed by atoms with Gasteiger partial charge in [-0.1, -0.05) is 44.7 Å². The van der Waals surface area contributed by atoms with E-state index in [0.29, 0.717) is 5.92 Å². The number of allylic oxidation sites excluding steroid dienone is 1. The van der Waals surface area contributed by atoms with Gasteiger partial charge in [0.05, 0.1) is 5.92 Å². The molecule has 2 heteroatoms. The van der Waals surface area contributed by atoms with Crippen LogP contribution in [-0.4, -0.2) is 5.91 Å². The summed E-state index contributed by atoms with van der Waals surface area (Å²) in [7, 11) is 0. The molecule has 2 rings (SSSR count). The van der Waals surface area contributed by atoms with Crippen molar-refractivity contribution in [3.63, 3.8) is 0 Å². The average Bonchev–Trinajstić information content (AvgIpc) is 2.29. The van der Waals surface area contributed by atoms with Crippen molar-refractivity contribution in [2.75, 3.05) is 0 Å². The Labute approximate surface area is 103 Å². The molecule has 0 aromatic heterocycles. The lowest BCUT2D eigenvalue weighted by molar-refractivity contribution is -0.122. The van der Waals surface area contributed by atoms with Gasteiger partial charge in [0.2, 0.25) is 5.91 Å². The Bertz CT molecular complexity index is 448. The molecule has 1 fully saturated rings. The van der Waals surface area contributed by atoms with Gasteiger partial charge in [-0.3, -0.25) is 4.79 Å². The van der Waals surface area contributed by atoms with Crippen molar-refractivity contribution in [2.45, 2.75) is 38.5 Å². The zero-order valence-electron chi connectivity index (χ0n) is 10.5. The fraction of sp³-hybridized carbons (Fsp3) is 0.400. The molecule has 17 heavy (non-hydrogen) atoms. The van der Waals surface area contributed by atoms with Crippen LogP contribution in [-0.2, 0) is 4.79 Å². The fourth-order valence-corrected chi connectivity index (χ4v) is 2.23. The highest BCUT2D eigenvalue weighted by Crippen LogP contribution is 2.28. The predicted octanol–water partition coefficient (Wildman–Crippen LogP) is 3.32. The van der Waals surface area contributed by atoms with E-state index in [0.717, 1.165) is 24.1 Å². The van der Waals surface area contributed by atoms with Gasteiger partial charge in [-0.2, -0.15) is 0 Å². The molecule has 1 saturated heterocycles. The molecule has 1 aromatic rings. The Morgan fingerprint density at radius 1 is 1.41 bits per heavy atom. The average molecular weight is 229 g/mol. The highest BCUT2D eigenvalue weighted by molar-refractivity contribution is 5.86. The van der Waals surface area contributed by atoms with Crippen LogP contribution in [0.1, 0.15) is 49.7 Å². The molecule has 1 heterocycles. The van der Waals surface area contributed by atoms with Crippen LogP contribution >= 0.6 is 0 Å². The van der Waals surface area contributed by atoms with Crippen LogP contribution in [0, 0.1) is 0 Å². The van der Waals surface area contributed by atoms with Gasteiger partial charge in [0.15, 0.2) is 0 Å². The van der Waals surface area contributed by atoms with Gasteiger partial charge >= 0.3 is 0 Å². The number of rotatable bonds is 2. The number of carbonyl (C=O) groups excluding carboxylic acids is 1. The van der Waals surface area contributed by atoms with Crippen LogP contribution < -0.4 is 5.32 Å². The van der Waals surface area contributed by atoms with E-state index < -0.39 is 0 Å². The molecule has 1 atom stereocenters. The smallest absolute Gasteiger partial charge is 0.231 e. The van der Waals surface area contributed by atoms with Crippen LogP contribution in [0.2, 0.25) is 0 Å². The number of nitrogens with one attached hydrogen (secondary N) is 1. The summed E-state index contributed by atoms with van der Waals surface area (Å²) >= 11 is 0. The fourth-order valence-electron chi connectivity index (χ4n) is 2.23. The van der Waals surface area contributed by atoms with Crippen LogP contribution in [0.3, 0.4) is 0 Å². The lowest BCUT2D eigenvalue weighted by Gasteiger charge is -2.24. The molecule has 1 N–H and O–H groups in total. The number of piperidine rings is 1. The van der Waals surface area contributed by atoms with Crippen molar-refractivity contribution < 1.29 is 4.79 Å². The van der Waals surface area contributed by atoms with Crippen molar-refractivity contribution in [3.05, 3.63) is 47.7 Å². The molecule has 0 saturated carbocycles. The summed E-state index contributed by atoms with van der Waals surface area (Å²) in [5.74, 6) is 0.568. The third-order valence-electron chi connectivity index (χ3n) is 3.33. The minimum Gasteiger partial charge on any atom is -0.330 e. The topological polar surface area (TPSA) is 29.1 Å². The molecule has 0 aliphatic carbocycles. The van der Waals surface area contributed by atoms with E-state index in [2.05, 4.69) is 37.9 Å². The molecule has 0 bridgehead atoms. The second kappa shape index (κ2) is 4.74. The molecule has 1 amide bonds. The maximum atomic E-state index is 11.9. The summed E-state index contributed by atoms with van der Waals surface area (Å²) in [6.07, 6.45) is 1.74. The van der Waals surface area contributed by atoms with Gasteiger partial charge in [0.1, 0.15) is 0 Å². The van der Waals surface area contributed by atoms with E-state index >= 15 is 0 Å². The molecule has 1 aromatic carbocycles. The van der Waals surface area contributed by atoms with E-state index in [9.17, 15) is 4.79 Å². The van der Waals surface area contributed by atoms with Crippen LogP contribution in [0.15, 0.2) is 36.5 Å². The summed E-state index contributed by atoms with van der Waals surface area (Å²) in [5.41, 5.74) is 3.26. The lowest BCUT2D eigenvalue weighted by Crippen LogP contribution is -2.33. The van der Waals surface area contributed by atoms with Crippen LogP contribution in [0.5, 0.6) is 0 Å². The summed E-state index contributed by atoms with van der Waals surface area (Å²) in [6, 6.07) is 8.36. The zero-order valence-corrected chi connectivity index (χ0v) is 10.5. The Morgan fingerprint density at radius 3 is 2.82 bits per heavy atom. The van der Waals surface area contributed by atoms with Crippen molar-refractivity contribution in [3.8, 4) is 0 Å². The van der Waals surface area contributed by atoms with Crippen molar-refractivity contribution in [2.24, 2.45) is 0 Å². The maximum Gasteiger partial charge on any atom is 0.231 e. The van der Waals surface area contributed by atoms with Crippen molar-refractivity contribution in [1.82, 2.24) is 5.32 Å². The minimum atomic E-state index is -0.0146. The van der Waals surface area contributed by atoms with Gasteiger partial charge in [-0.25, -0.2) is 0 Å². The van der Waals surface area contributed by atoms with Crippen molar-refractivity contribution in [1.29, 1.82) is 0 Å². The van der Waals surface area contributed by atoms with Gasteiger partial charge in [-0.05, 0) is 29.9 Å². The maximum absolute atomic E-state index is 11.9. The highest BCUT2D eigenvalue weighted by Gasteiger charge is 2.25. The molecular formula is C15H19NO. The van der Waals surface area contributed by atoms with Gasteiger partial charge < -0.3 is 5.32 Å². The number of benzene rings is 1. The normalized spacial score (nSPS) is 20.5. The van der Waals surface area contributed by atoms with Gasteiger partial charge in [-0.15, -0.1) is 0 Å². The molecule has 1 unspecified atom stereocenters. The summed E-state index contributed by atoms with van der Waals surface area (Å²) < 4.78 is 0. The second-order valence-corrected chi connectivity index (χ2v) is 5.01. The van der Waals surface area contributed by atoms with Crippen LogP contribution in [0.4, 0.5) is 0 Å². The first-order chi connectivity index (χ1) is 8.08. The van der Waals surface area contributed by atoms with E-state index in [1.54, 1.807) is 0 Å². The molecular weight excluding hydrogens is 210 g/mol. The Balaban J connectivity index is 2.25. The number of amides is 1. The Kier molecular flexibility index (Phi) is 3.32. The Morgan fingerprint density at radius 2 is 2.18 bits per heavy atom. The SMILES string of the molecule is C=C1CCC(c2cccc(C(C)C)c2)C(=O)N1. The third-order valence-corrected chi connectivity index (χ3v) is 3.33. The minimum absolute atomic E-state index is 0.0146. The summed E-state index contributed by atoms with van der Waals surface area (Å²) in [5, 5.41) is 2.84. The van der Waals surface area contributed by atoms with Gasteiger partial charge in [0, 0.05) is 5.70 Å². The highest BCUT2D eigenvalue weighted by atomic mass is 16.1. The summed E-state index contributed by atoms with van der Waals surface area (Å²) in [4.78, 5) is 11.9. The number of hydrogen-bond donors (Lipinski definition) is 1. The summed E-state index contributed by atoms with van der Waals surface area (Å²) in [6.45, 7) is 8.14. The van der Waals surface area contributed by atoms with E-state index in [-0.39, 0.29) is 11.8 Å². The number of hydrogen-bond acceptors (Lipinski definition) is 1. The monoisotopic (exact) mass is 229 g/mol. The lowest BCUT2D eigenvalue weighted by atomic mass is 9.88. The predicted molar refractivity (Wildman–Crippen MR) is 69.8 cm³/mol. The molecule has 1 aliphatic heterocycles. The molecule has 90 valence electrons. The Hall–Kier alpha value is -1.57. The molecule has 2 nitrogen and oxygen atoms in total. The van der Waals surface area contributed by atoms with Crippen LogP contribution in [0.25, 0.3) is 0 Å². The van der Waals surface area contributed by atoms with Crippen molar-refractivity contribution >= 4 is 5.91 Å². The zero-order chi connectivity index (χ0) is 12.4. The van der Waals surface area contributed by atoms with E-state index in [1.807, 2.05) is 12.1 Å².